The average Bonchev–Trinajstić information content (AvgIpc) is 2.55. The number of aryl methyl sites for hydroxylation is 1. The highest BCUT2D eigenvalue weighted by Gasteiger charge is 2.23. The maximum Gasteiger partial charge on any atom is 0.261 e. The Morgan fingerprint density at radius 1 is 1.19 bits per heavy atom. The molecular weight excluding hydrogens is 358 g/mol. The van der Waals surface area contributed by atoms with Crippen molar-refractivity contribution in [2.45, 2.75) is 46.6 Å². The van der Waals surface area contributed by atoms with Crippen LogP contribution in [-0.2, 0) is 14.4 Å². The molecule has 0 spiro atoms. The molecule has 0 aliphatic rings. The Morgan fingerprint density at radius 3 is 2.46 bits per heavy atom. The van der Waals surface area contributed by atoms with Crippen molar-refractivity contribution in [2.75, 3.05) is 6.61 Å². The minimum atomic E-state index is -0.705. The Morgan fingerprint density at radius 2 is 1.88 bits per heavy atom. The molecule has 0 bridgehead atoms. The van der Waals surface area contributed by atoms with Gasteiger partial charge >= 0.3 is 0 Å². The number of ether oxygens (including phenoxy) is 1. The van der Waals surface area contributed by atoms with Gasteiger partial charge in [0.05, 0.1) is 6.61 Å². The monoisotopic (exact) mass is 383 g/mol. The van der Waals surface area contributed by atoms with Gasteiger partial charge in [0.1, 0.15) is 11.8 Å². The molecule has 144 valence electrons. The number of halogens is 1. The predicted octanol–water partition coefficient (Wildman–Crippen LogP) is 2.12. The van der Waals surface area contributed by atoms with Gasteiger partial charge in [-0.2, -0.15) is 0 Å². The second-order valence-corrected chi connectivity index (χ2v) is 6.76. The topological polar surface area (TPSA) is 96.5 Å². The van der Waals surface area contributed by atoms with E-state index in [2.05, 4.69) is 16.2 Å². The van der Waals surface area contributed by atoms with Crippen molar-refractivity contribution in [1.29, 1.82) is 0 Å². The fourth-order valence-corrected chi connectivity index (χ4v) is 2.44. The standard InChI is InChI=1S/C18H26ClN3O4/c1-11(2)17(20-13(4)23)18(25)22-21-16(24)6-5-9-26-15-8-7-14(19)10-12(15)3/h7-8,10-11,17H,5-6,9H2,1-4H3,(H,20,23)(H,21,24)(H,22,25). The molecular formula is C18H26ClN3O4. The van der Waals surface area contributed by atoms with E-state index in [1.54, 1.807) is 32.0 Å². The SMILES string of the molecule is CC(=O)NC(C(=O)NNC(=O)CCCOc1ccc(Cl)cc1C)C(C)C. The molecule has 1 unspecified atom stereocenters. The fourth-order valence-electron chi connectivity index (χ4n) is 2.22. The molecule has 7 nitrogen and oxygen atoms in total. The first-order valence-electron chi connectivity index (χ1n) is 8.45. The first-order valence-corrected chi connectivity index (χ1v) is 8.83. The van der Waals surface area contributed by atoms with Gasteiger partial charge in [0.2, 0.25) is 11.8 Å². The third-order valence-electron chi connectivity index (χ3n) is 3.58. The number of amides is 3. The molecule has 3 amide bonds. The van der Waals surface area contributed by atoms with Gasteiger partial charge in [0.15, 0.2) is 0 Å². The Kier molecular flexibility index (Phi) is 8.92. The molecule has 0 heterocycles. The molecule has 1 aromatic rings. The Labute approximate surface area is 158 Å². The van der Waals surface area contributed by atoms with E-state index in [0.29, 0.717) is 18.1 Å². The lowest BCUT2D eigenvalue weighted by Gasteiger charge is -2.21. The summed E-state index contributed by atoms with van der Waals surface area (Å²) in [6.07, 6.45) is 0.683. The van der Waals surface area contributed by atoms with Crippen LogP contribution in [0.5, 0.6) is 5.75 Å². The summed E-state index contributed by atoms with van der Waals surface area (Å²) in [7, 11) is 0. The molecule has 0 aliphatic heterocycles. The van der Waals surface area contributed by atoms with E-state index in [9.17, 15) is 14.4 Å². The zero-order valence-corrected chi connectivity index (χ0v) is 16.3. The van der Waals surface area contributed by atoms with Crippen LogP contribution in [0.15, 0.2) is 18.2 Å². The molecule has 0 saturated heterocycles. The summed E-state index contributed by atoms with van der Waals surface area (Å²) in [5, 5.41) is 3.19. The van der Waals surface area contributed by atoms with Crippen LogP contribution in [0.2, 0.25) is 5.02 Å². The molecule has 0 fully saturated rings. The van der Waals surface area contributed by atoms with Crippen LogP contribution >= 0.6 is 11.6 Å². The number of carbonyl (C=O) groups is 3. The number of nitrogens with one attached hydrogen (secondary N) is 3. The first-order chi connectivity index (χ1) is 12.2. The van der Waals surface area contributed by atoms with E-state index in [1.807, 2.05) is 6.92 Å². The van der Waals surface area contributed by atoms with Gasteiger partial charge in [-0.3, -0.25) is 25.2 Å². The van der Waals surface area contributed by atoms with E-state index in [-0.39, 0.29) is 24.2 Å². The van der Waals surface area contributed by atoms with E-state index in [0.717, 1.165) is 11.3 Å². The zero-order chi connectivity index (χ0) is 19.7. The molecule has 3 N–H and O–H groups in total. The molecule has 1 atom stereocenters. The molecule has 8 heteroatoms. The summed E-state index contributed by atoms with van der Waals surface area (Å²) >= 11 is 5.88. The van der Waals surface area contributed by atoms with Crippen molar-refractivity contribution in [3.05, 3.63) is 28.8 Å². The summed E-state index contributed by atoms with van der Waals surface area (Å²) in [5.74, 6) is -0.485. The van der Waals surface area contributed by atoms with Crippen molar-refractivity contribution in [3.63, 3.8) is 0 Å². The largest absolute Gasteiger partial charge is 0.493 e. The van der Waals surface area contributed by atoms with Crippen LogP contribution in [0.1, 0.15) is 39.2 Å². The molecule has 26 heavy (non-hydrogen) atoms. The van der Waals surface area contributed by atoms with Crippen molar-refractivity contribution in [3.8, 4) is 5.75 Å². The highest BCUT2D eigenvalue weighted by Crippen LogP contribution is 2.21. The lowest BCUT2D eigenvalue weighted by atomic mass is 10.0. The quantitative estimate of drug-likeness (QED) is 0.473. The number of carbonyl (C=O) groups excluding carboxylic acids is 3. The number of hydrogen-bond donors (Lipinski definition) is 3. The lowest BCUT2D eigenvalue weighted by Crippen LogP contribution is -2.54. The summed E-state index contributed by atoms with van der Waals surface area (Å²) in [4.78, 5) is 35.0. The van der Waals surface area contributed by atoms with Crippen molar-refractivity contribution < 1.29 is 19.1 Å². The second-order valence-electron chi connectivity index (χ2n) is 6.32. The average molecular weight is 384 g/mol. The predicted molar refractivity (Wildman–Crippen MR) is 99.6 cm³/mol. The van der Waals surface area contributed by atoms with Gasteiger partial charge in [-0.05, 0) is 43.0 Å². The lowest BCUT2D eigenvalue weighted by molar-refractivity contribution is -0.132. The minimum Gasteiger partial charge on any atom is -0.493 e. The van der Waals surface area contributed by atoms with Crippen LogP contribution in [0.3, 0.4) is 0 Å². The summed E-state index contributed by atoms with van der Waals surface area (Å²) < 4.78 is 5.61. The molecule has 1 rings (SSSR count). The first kappa shape index (κ1) is 21.8. The summed E-state index contributed by atoms with van der Waals surface area (Å²) in [5.41, 5.74) is 5.60. The van der Waals surface area contributed by atoms with Gasteiger partial charge in [-0.1, -0.05) is 25.4 Å². The maximum absolute atomic E-state index is 12.0. The van der Waals surface area contributed by atoms with E-state index in [4.69, 9.17) is 16.3 Å². The van der Waals surface area contributed by atoms with E-state index in [1.165, 1.54) is 6.92 Å². The van der Waals surface area contributed by atoms with E-state index >= 15 is 0 Å². The van der Waals surface area contributed by atoms with Crippen molar-refractivity contribution >= 4 is 29.3 Å². The summed E-state index contributed by atoms with van der Waals surface area (Å²) in [6, 6.07) is 4.63. The van der Waals surface area contributed by atoms with Crippen LogP contribution in [0.25, 0.3) is 0 Å². The van der Waals surface area contributed by atoms with Crippen molar-refractivity contribution in [1.82, 2.24) is 16.2 Å². The number of rotatable bonds is 8. The second kappa shape index (κ2) is 10.7. The Hall–Kier alpha value is -2.28. The minimum absolute atomic E-state index is 0.105. The highest BCUT2D eigenvalue weighted by molar-refractivity contribution is 6.30. The van der Waals surface area contributed by atoms with Crippen molar-refractivity contribution in [2.24, 2.45) is 5.92 Å². The zero-order valence-electron chi connectivity index (χ0n) is 15.5. The molecule has 0 saturated carbocycles. The molecule has 0 aromatic heterocycles. The van der Waals surface area contributed by atoms with Gasteiger partial charge in [0.25, 0.3) is 5.91 Å². The smallest absolute Gasteiger partial charge is 0.261 e. The fraction of sp³-hybridized carbons (Fsp3) is 0.500. The molecule has 0 radical (unpaired) electrons. The molecule has 0 aliphatic carbocycles. The van der Waals surface area contributed by atoms with Gasteiger partial charge in [0, 0.05) is 18.4 Å². The Bertz CT molecular complexity index is 649. The maximum atomic E-state index is 12.0. The van der Waals surface area contributed by atoms with Crippen LogP contribution < -0.4 is 20.9 Å². The van der Waals surface area contributed by atoms with E-state index < -0.39 is 11.9 Å². The normalized spacial score (nSPS) is 11.6. The van der Waals surface area contributed by atoms with Crippen LogP contribution in [0.4, 0.5) is 0 Å². The van der Waals surface area contributed by atoms with Gasteiger partial charge < -0.3 is 10.1 Å². The van der Waals surface area contributed by atoms with Crippen LogP contribution in [-0.4, -0.2) is 30.4 Å². The Balaban J connectivity index is 2.31. The number of benzene rings is 1. The van der Waals surface area contributed by atoms with Gasteiger partial charge in [-0.15, -0.1) is 0 Å². The van der Waals surface area contributed by atoms with Crippen LogP contribution in [0, 0.1) is 12.8 Å². The van der Waals surface area contributed by atoms with Gasteiger partial charge in [-0.25, -0.2) is 0 Å². The number of hydrogen-bond acceptors (Lipinski definition) is 4. The third kappa shape index (κ3) is 7.74. The third-order valence-corrected chi connectivity index (χ3v) is 3.81. The number of hydrazine groups is 1. The highest BCUT2D eigenvalue weighted by atomic mass is 35.5. The summed E-state index contributed by atoms with van der Waals surface area (Å²) in [6.45, 7) is 7.20. The molecule has 1 aromatic carbocycles.